The fraction of sp³-hybridized carbons (Fsp3) is 0.917. The van der Waals surface area contributed by atoms with Crippen LogP contribution in [0.2, 0.25) is 0 Å². The van der Waals surface area contributed by atoms with Crippen LogP contribution in [0, 0.1) is 11.8 Å². The number of carbonyl (C=O) groups is 1. The van der Waals surface area contributed by atoms with Gasteiger partial charge < -0.3 is 10.6 Å². The molecule has 3 fully saturated rings. The second-order valence-corrected chi connectivity index (χ2v) is 5.42. The molecule has 0 aliphatic carbocycles. The maximum Gasteiger partial charge on any atom is 0.139 e. The van der Waals surface area contributed by atoms with Gasteiger partial charge in [-0.2, -0.15) is 0 Å². The van der Waals surface area contributed by atoms with Gasteiger partial charge in [-0.05, 0) is 44.7 Å². The van der Waals surface area contributed by atoms with Crippen LogP contribution in [0.4, 0.5) is 0 Å². The molecule has 3 heterocycles. The van der Waals surface area contributed by atoms with E-state index in [1.54, 1.807) is 0 Å². The normalized spacial score (nSPS) is 44.9. The van der Waals surface area contributed by atoms with Crippen molar-refractivity contribution < 1.29 is 4.79 Å². The first kappa shape index (κ1) is 9.79. The van der Waals surface area contributed by atoms with Gasteiger partial charge >= 0.3 is 0 Å². The lowest BCUT2D eigenvalue weighted by Gasteiger charge is -2.30. The zero-order valence-corrected chi connectivity index (χ0v) is 9.17. The average Bonchev–Trinajstić information content (AvgIpc) is 2.82. The minimum Gasteiger partial charge on any atom is -0.316 e. The first-order valence-corrected chi connectivity index (χ1v) is 6.32. The van der Waals surface area contributed by atoms with Crippen LogP contribution in [-0.4, -0.2) is 31.0 Å². The molecule has 2 bridgehead atoms. The van der Waals surface area contributed by atoms with Gasteiger partial charge in [0.25, 0.3) is 0 Å². The third-order valence-electron chi connectivity index (χ3n) is 4.37. The molecule has 0 aromatic heterocycles. The second-order valence-electron chi connectivity index (χ2n) is 5.42. The lowest BCUT2D eigenvalue weighted by Crippen LogP contribution is -2.46. The molecule has 0 spiro atoms. The highest BCUT2D eigenvalue weighted by molar-refractivity contribution is 5.83. The quantitative estimate of drug-likeness (QED) is 0.702. The smallest absolute Gasteiger partial charge is 0.139 e. The summed E-state index contributed by atoms with van der Waals surface area (Å²) in [5, 5.41) is 6.99. The van der Waals surface area contributed by atoms with Crippen molar-refractivity contribution >= 4 is 5.78 Å². The Morgan fingerprint density at radius 1 is 1.27 bits per heavy atom. The van der Waals surface area contributed by atoms with Crippen molar-refractivity contribution in [1.82, 2.24) is 10.6 Å². The van der Waals surface area contributed by atoms with Gasteiger partial charge in [-0.25, -0.2) is 0 Å². The van der Waals surface area contributed by atoms with E-state index in [-0.39, 0.29) is 0 Å². The monoisotopic (exact) mass is 208 g/mol. The number of Topliss-reactive ketones (excluding diaryl/α,β-unsaturated/α-hetero) is 1. The van der Waals surface area contributed by atoms with E-state index in [0.29, 0.717) is 23.8 Å². The lowest BCUT2D eigenvalue weighted by molar-refractivity contribution is -0.126. The van der Waals surface area contributed by atoms with Crippen LogP contribution in [-0.2, 0) is 4.79 Å². The van der Waals surface area contributed by atoms with E-state index in [0.717, 1.165) is 31.8 Å². The molecule has 3 aliphatic rings. The van der Waals surface area contributed by atoms with Crippen LogP contribution >= 0.6 is 0 Å². The number of rotatable bonds is 2. The number of hydrogen-bond donors (Lipinski definition) is 2. The summed E-state index contributed by atoms with van der Waals surface area (Å²) in [7, 11) is 0. The molecular formula is C12H20N2O. The fourth-order valence-corrected chi connectivity index (χ4v) is 3.52. The van der Waals surface area contributed by atoms with Crippen molar-refractivity contribution in [2.75, 3.05) is 13.1 Å². The minimum absolute atomic E-state index is 0.327. The first-order valence-electron chi connectivity index (χ1n) is 6.32. The molecular weight excluding hydrogens is 188 g/mol. The van der Waals surface area contributed by atoms with Gasteiger partial charge in [-0.1, -0.05) is 0 Å². The molecule has 3 saturated heterocycles. The van der Waals surface area contributed by atoms with Gasteiger partial charge in [0.2, 0.25) is 0 Å². The lowest BCUT2D eigenvalue weighted by atomic mass is 9.83. The van der Waals surface area contributed by atoms with Crippen LogP contribution in [0.3, 0.4) is 0 Å². The van der Waals surface area contributed by atoms with Crippen LogP contribution in [0.15, 0.2) is 0 Å². The van der Waals surface area contributed by atoms with Gasteiger partial charge in [0.15, 0.2) is 0 Å². The summed E-state index contributed by atoms with van der Waals surface area (Å²) in [6, 6.07) is 1.03. The summed E-state index contributed by atoms with van der Waals surface area (Å²) in [6.45, 7) is 2.27. The largest absolute Gasteiger partial charge is 0.316 e. The molecule has 3 nitrogen and oxygen atoms in total. The van der Waals surface area contributed by atoms with Crippen molar-refractivity contribution in [3.63, 3.8) is 0 Å². The molecule has 3 rings (SSSR count). The number of piperidine rings is 1. The predicted octanol–water partition coefficient (Wildman–Crippen LogP) is 0.696. The van der Waals surface area contributed by atoms with Gasteiger partial charge in [0.05, 0.1) is 0 Å². The Balaban J connectivity index is 1.65. The summed E-state index contributed by atoms with van der Waals surface area (Å²) < 4.78 is 0. The average molecular weight is 208 g/mol. The topological polar surface area (TPSA) is 41.1 Å². The van der Waals surface area contributed by atoms with E-state index >= 15 is 0 Å². The molecule has 0 aromatic carbocycles. The van der Waals surface area contributed by atoms with Crippen molar-refractivity contribution in [3.8, 4) is 0 Å². The highest BCUT2D eigenvalue weighted by Crippen LogP contribution is 2.33. The van der Waals surface area contributed by atoms with Crippen molar-refractivity contribution in [3.05, 3.63) is 0 Å². The Morgan fingerprint density at radius 3 is 3.00 bits per heavy atom. The standard InChI is InChI=1S/C12H20N2O/c15-12-6-9-1-2-11(14-9)10(12)5-8-3-4-13-7-8/h8-11,13-14H,1-7H2. The van der Waals surface area contributed by atoms with Gasteiger partial charge in [-0.15, -0.1) is 0 Å². The molecule has 4 unspecified atom stereocenters. The van der Waals surface area contributed by atoms with E-state index < -0.39 is 0 Å². The van der Waals surface area contributed by atoms with E-state index in [1.165, 1.54) is 19.3 Å². The maximum absolute atomic E-state index is 12.0. The number of carbonyl (C=O) groups excluding carboxylic acids is 1. The predicted molar refractivity (Wildman–Crippen MR) is 58.7 cm³/mol. The van der Waals surface area contributed by atoms with Crippen LogP contribution in [0.5, 0.6) is 0 Å². The van der Waals surface area contributed by atoms with E-state index in [4.69, 9.17) is 0 Å². The molecule has 0 radical (unpaired) electrons. The molecule has 3 heteroatoms. The molecule has 84 valence electrons. The van der Waals surface area contributed by atoms with Crippen molar-refractivity contribution in [2.24, 2.45) is 11.8 Å². The first-order chi connectivity index (χ1) is 7.33. The van der Waals surface area contributed by atoms with Crippen LogP contribution < -0.4 is 10.6 Å². The number of fused-ring (bicyclic) bond motifs is 2. The summed E-state index contributed by atoms with van der Waals surface area (Å²) in [5.74, 6) is 1.61. The number of nitrogens with one attached hydrogen (secondary N) is 2. The van der Waals surface area contributed by atoms with E-state index in [2.05, 4.69) is 10.6 Å². The number of ketones is 1. The zero-order chi connectivity index (χ0) is 10.3. The summed E-state index contributed by atoms with van der Waals surface area (Å²) in [4.78, 5) is 12.0. The van der Waals surface area contributed by atoms with Crippen molar-refractivity contribution in [2.45, 2.75) is 44.2 Å². The molecule has 3 aliphatic heterocycles. The van der Waals surface area contributed by atoms with Crippen molar-refractivity contribution in [1.29, 1.82) is 0 Å². The Bertz CT molecular complexity index is 260. The SMILES string of the molecule is O=C1CC2CCC(N2)C1CC1CCNC1. The zero-order valence-electron chi connectivity index (χ0n) is 9.17. The maximum atomic E-state index is 12.0. The van der Waals surface area contributed by atoms with Gasteiger partial charge in [0.1, 0.15) is 5.78 Å². The van der Waals surface area contributed by atoms with Gasteiger partial charge in [-0.3, -0.25) is 4.79 Å². The Hall–Kier alpha value is -0.410. The molecule has 0 amide bonds. The molecule has 2 N–H and O–H groups in total. The minimum atomic E-state index is 0.327. The third kappa shape index (κ3) is 1.83. The highest BCUT2D eigenvalue weighted by Gasteiger charge is 2.41. The second kappa shape index (κ2) is 3.87. The number of hydrogen-bond acceptors (Lipinski definition) is 3. The Morgan fingerprint density at radius 2 is 2.20 bits per heavy atom. The third-order valence-corrected chi connectivity index (χ3v) is 4.37. The van der Waals surface area contributed by atoms with Gasteiger partial charge in [0, 0.05) is 24.4 Å². The van der Waals surface area contributed by atoms with Crippen LogP contribution in [0.25, 0.3) is 0 Å². The Labute approximate surface area is 91.0 Å². The molecule has 15 heavy (non-hydrogen) atoms. The highest BCUT2D eigenvalue weighted by atomic mass is 16.1. The Kier molecular flexibility index (Phi) is 2.53. The fourth-order valence-electron chi connectivity index (χ4n) is 3.52. The van der Waals surface area contributed by atoms with E-state index in [1.807, 2.05) is 0 Å². The van der Waals surface area contributed by atoms with Crippen LogP contribution in [0.1, 0.15) is 32.1 Å². The molecule has 0 saturated carbocycles. The molecule has 4 atom stereocenters. The summed E-state index contributed by atoms with van der Waals surface area (Å²) >= 11 is 0. The summed E-state index contributed by atoms with van der Waals surface area (Å²) in [5.41, 5.74) is 0. The van der Waals surface area contributed by atoms with E-state index in [9.17, 15) is 4.79 Å². The summed E-state index contributed by atoms with van der Waals surface area (Å²) in [6.07, 6.45) is 5.62. The molecule has 0 aromatic rings.